The maximum absolute atomic E-state index is 12.0. The number of aliphatic hydroxyl groups excluding tert-OH is 1. The van der Waals surface area contributed by atoms with E-state index in [4.69, 9.17) is 9.84 Å². The molecule has 0 atom stereocenters. The zero-order valence-electron chi connectivity index (χ0n) is 13.3. The van der Waals surface area contributed by atoms with Crippen molar-refractivity contribution in [1.82, 2.24) is 0 Å². The molecule has 2 aliphatic rings. The summed E-state index contributed by atoms with van der Waals surface area (Å²) in [6, 6.07) is 10.1. The lowest BCUT2D eigenvalue weighted by atomic mass is 10.1. The molecular formula is C19H22O3. The van der Waals surface area contributed by atoms with Gasteiger partial charge in [0.15, 0.2) is 0 Å². The predicted octanol–water partition coefficient (Wildman–Crippen LogP) is 3.79. The molecule has 0 aromatic rings. The lowest BCUT2D eigenvalue weighted by Crippen LogP contribution is -2.00. The standard InChI is InChI=1S/C19H22O3/c1-13(2)14-7-9-16-15(6-4-5-11-20)12-18(19(21)22-3)17(16)10-8-14/h4-5,7-10,12-13,20H,6,11H2,1-3H3/b5-4-. The minimum absolute atomic E-state index is 0.0216. The molecule has 0 bridgehead atoms. The molecule has 2 aliphatic carbocycles. The molecule has 0 saturated carbocycles. The van der Waals surface area contributed by atoms with Crippen molar-refractivity contribution in [2.24, 2.45) is 0 Å². The van der Waals surface area contributed by atoms with Crippen LogP contribution in [0.5, 0.6) is 0 Å². The number of carbonyl (C=O) groups is 1. The van der Waals surface area contributed by atoms with Gasteiger partial charge in [0.1, 0.15) is 0 Å². The highest BCUT2D eigenvalue weighted by molar-refractivity contribution is 6.00. The van der Waals surface area contributed by atoms with E-state index in [0.717, 1.165) is 16.7 Å². The van der Waals surface area contributed by atoms with Crippen LogP contribution in [0.15, 0.2) is 42.5 Å². The molecule has 1 N–H and O–H groups in total. The van der Waals surface area contributed by atoms with Gasteiger partial charge in [0.25, 0.3) is 0 Å². The fourth-order valence-corrected chi connectivity index (χ4v) is 2.56. The van der Waals surface area contributed by atoms with Crippen molar-refractivity contribution in [2.45, 2.75) is 26.2 Å². The highest BCUT2D eigenvalue weighted by Crippen LogP contribution is 2.34. The van der Waals surface area contributed by atoms with E-state index in [9.17, 15) is 4.79 Å². The van der Waals surface area contributed by atoms with E-state index < -0.39 is 0 Å². The zero-order valence-corrected chi connectivity index (χ0v) is 13.3. The number of fused-ring (bicyclic) bond motifs is 1. The first-order valence-corrected chi connectivity index (χ1v) is 7.48. The maximum Gasteiger partial charge on any atom is 0.338 e. The van der Waals surface area contributed by atoms with Crippen LogP contribution < -0.4 is 0 Å². The Morgan fingerprint density at radius 2 is 1.86 bits per heavy atom. The minimum atomic E-state index is -0.320. The Bertz CT molecular complexity index is 656. The predicted molar refractivity (Wildman–Crippen MR) is 88.4 cm³/mol. The van der Waals surface area contributed by atoms with Crippen molar-refractivity contribution in [3.63, 3.8) is 0 Å². The summed E-state index contributed by atoms with van der Waals surface area (Å²) < 4.78 is 4.89. The van der Waals surface area contributed by atoms with Crippen LogP contribution in [0.25, 0.3) is 11.1 Å². The molecule has 22 heavy (non-hydrogen) atoms. The van der Waals surface area contributed by atoms with Crippen LogP contribution in [-0.2, 0) is 11.2 Å². The smallest absolute Gasteiger partial charge is 0.338 e. The Morgan fingerprint density at radius 1 is 1.18 bits per heavy atom. The Balaban J connectivity index is 2.55. The van der Waals surface area contributed by atoms with E-state index >= 15 is 0 Å². The third-order valence-corrected chi connectivity index (χ3v) is 3.81. The van der Waals surface area contributed by atoms with Gasteiger partial charge >= 0.3 is 5.97 Å². The van der Waals surface area contributed by atoms with Crippen molar-refractivity contribution < 1.29 is 14.6 Å². The molecule has 0 radical (unpaired) electrons. The summed E-state index contributed by atoms with van der Waals surface area (Å²) in [4.78, 5) is 12.0. The van der Waals surface area contributed by atoms with Gasteiger partial charge in [0.05, 0.1) is 19.3 Å². The molecule has 0 aromatic carbocycles. The Hall–Kier alpha value is -2.13. The molecule has 0 aliphatic heterocycles. The van der Waals surface area contributed by atoms with Crippen LogP contribution in [0, 0.1) is 0 Å². The van der Waals surface area contributed by atoms with Crippen molar-refractivity contribution in [1.29, 1.82) is 0 Å². The number of aliphatic hydroxyl groups is 1. The number of hydrogen-bond donors (Lipinski definition) is 1. The molecule has 0 amide bonds. The largest absolute Gasteiger partial charge is 0.465 e. The fraction of sp³-hybridized carbons (Fsp3) is 0.316. The first kappa shape index (κ1) is 16.2. The van der Waals surface area contributed by atoms with Gasteiger partial charge in [-0.1, -0.05) is 50.3 Å². The van der Waals surface area contributed by atoms with Gasteiger partial charge in [-0.3, -0.25) is 0 Å². The summed E-state index contributed by atoms with van der Waals surface area (Å²) >= 11 is 0. The normalized spacial score (nSPS) is 11.5. The highest BCUT2D eigenvalue weighted by Gasteiger charge is 2.20. The number of hydrogen-bond acceptors (Lipinski definition) is 3. The molecule has 0 heterocycles. The Labute approximate surface area is 131 Å². The van der Waals surface area contributed by atoms with Gasteiger partial charge in [-0.2, -0.15) is 0 Å². The van der Waals surface area contributed by atoms with E-state index in [1.807, 2.05) is 18.2 Å². The third kappa shape index (κ3) is 3.37. The summed E-state index contributed by atoms with van der Waals surface area (Å²) in [7, 11) is 1.40. The van der Waals surface area contributed by atoms with Crippen LogP contribution >= 0.6 is 0 Å². The minimum Gasteiger partial charge on any atom is -0.465 e. The molecule has 2 rings (SSSR count). The van der Waals surface area contributed by atoms with Crippen LogP contribution in [0.3, 0.4) is 0 Å². The molecule has 0 aromatic heterocycles. The number of esters is 1. The molecule has 0 fully saturated rings. The van der Waals surface area contributed by atoms with Crippen molar-refractivity contribution in [3.05, 3.63) is 59.2 Å². The maximum atomic E-state index is 12.0. The Kier molecular flexibility index (Phi) is 5.34. The van der Waals surface area contributed by atoms with Crippen LogP contribution in [0.1, 0.15) is 41.3 Å². The van der Waals surface area contributed by atoms with Crippen molar-refractivity contribution in [3.8, 4) is 11.1 Å². The highest BCUT2D eigenvalue weighted by atomic mass is 16.5. The van der Waals surface area contributed by atoms with E-state index in [0.29, 0.717) is 17.9 Å². The van der Waals surface area contributed by atoms with Gasteiger partial charge in [0.2, 0.25) is 0 Å². The lowest BCUT2D eigenvalue weighted by Gasteiger charge is -2.00. The molecule has 0 unspecified atom stereocenters. The summed E-state index contributed by atoms with van der Waals surface area (Å²) in [6.07, 6.45) is 4.29. The summed E-state index contributed by atoms with van der Waals surface area (Å²) in [5.74, 6) is 0.107. The summed E-state index contributed by atoms with van der Waals surface area (Å²) in [6.45, 7) is 4.31. The lowest BCUT2D eigenvalue weighted by molar-refractivity contribution is 0.0602. The van der Waals surface area contributed by atoms with E-state index in [-0.39, 0.29) is 12.6 Å². The molecule has 0 saturated heterocycles. The quantitative estimate of drug-likeness (QED) is 0.675. The van der Waals surface area contributed by atoms with Crippen molar-refractivity contribution >= 4 is 5.97 Å². The van der Waals surface area contributed by atoms with Crippen LogP contribution in [0.4, 0.5) is 0 Å². The second-order valence-electron chi connectivity index (χ2n) is 5.58. The summed E-state index contributed by atoms with van der Waals surface area (Å²) in [5, 5.41) is 8.87. The SMILES string of the molecule is COC(=O)c1cc(C/C=C\CO)c2ccc(C(C)C)ccc1-2. The first-order chi connectivity index (χ1) is 10.6. The average molecular weight is 298 g/mol. The monoisotopic (exact) mass is 298 g/mol. The van der Waals surface area contributed by atoms with E-state index in [2.05, 4.69) is 32.0 Å². The summed E-state index contributed by atoms with van der Waals surface area (Å²) in [5.41, 5.74) is 4.84. The number of methoxy groups -OCH3 is 1. The van der Waals surface area contributed by atoms with E-state index in [1.165, 1.54) is 12.7 Å². The fourth-order valence-electron chi connectivity index (χ4n) is 2.56. The number of rotatable bonds is 5. The van der Waals surface area contributed by atoms with Crippen molar-refractivity contribution in [2.75, 3.05) is 13.7 Å². The second kappa shape index (κ2) is 7.23. The molecule has 3 heteroatoms. The van der Waals surface area contributed by atoms with Gasteiger partial charge in [-0.25, -0.2) is 4.79 Å². The van der Waals surface area contributed by atoms with E-state index in [1.54, 1.807) is 6.08 Å². The average Bonchev–Trinajstić information content (AvgIpc) is 2.70. The zero-order chi connectivity index (χ0) is 16.1. The first-order valence-electron chi connectivity index (χ1n) is 7.48. The van der Waals surface area contributed by atoms with Gasteiger partial charge in [0, 0.05) is 0 Å². The second-order valence-corrected chi connectivity index (χ2v) is 5.58. The number of allylic oxidation sites excluding steroid dienone is 1. The Morgan fingerprint density at radius 3 is 2.45 bits per heavy atom. The third-order valence-electron chi connectivity index (χ3n) is 3.81. The number of carbonyl (C=O) groups excluding carboxylic acids is 1. The molecular weight excluding hydrogens is 276 g/mol. The van der Waals surface area contributed by atoms with Gasteiger partial charge in [-0.05, 0) is 40.7 Å². The molecule has 3 nitrogen and oxygen atoms in total. The topological polar surface area (TPSA) is 46.5 Å². The molecule has 116 valence electrons. The van der Waals surface area contributed by atoms with Crippen LogP contribution in [0.2, 0.25) is 0 Å². The number of ether oxygens (including phenoxy) is 1. The van der Waals surface area contributed by atoms with Gasteiger partial charge in [-0.15, -0.1) is 0 Å². The van der Waals surface area contributed by atoms with Gasteiger partial charge < -0.3 is 9.84 Å². The molecule has 0 spiro atoms. The van der Waals surface area contributed by atoms with Crippen LogP contribution in [-0.4, -0.2) is 24.8 Å².